The predicted molar refractivity (Wildman–Crippen MR) is 124 cm³/mol. The van der Waals surface area contributed by atoms with Crippen LogP contribution in [0.25, 0.3) is 0 Å². The Kier molecular flexibility index (Phi) is 6.75. The lowest BCUT2D eigenvalue weighted by atomic mass is 10.1. The van der Waals surface area contributed by atoms with Crippen LogP contribution in [0.4, 0.5) is 23.1 Å². The average molecular weight is 468 g/mol. The van der Waals surface area contributed by atoms with E-state index in [0.29, 0.717) is 34.8 Å². The molecule has 2 heterocycles. The van der Waals surface area contributed by atoms with Gasteiger partial charge in [-0.1, -0.05) is 25.4 Å². The number of anilines is 4. The summed E-state index contributed by atoms with van der Waals surface area (Å²) in [4.78, 5) is 8.72. The van der Waals surface area contributed by atoms with Crippen LogP contribution in [-0.2, 0) is 10.0 Å². The molecule has 1 atom stereocenters. The van der Waals surface area contributed by atoms with Gasteiger partial charge in [-0.25, -0.2) is 13.4 Å². The SMILES string of the molecule is COc1ccc(Nc2nc(NC3CC(C(C)C)=NN3C)ncc2Cl)c(NS(C)(=O)=O)c1. The zero-order valence-electron chi connectivity index (χ0n) is 18.0. The number of hydrazone groups is 1. The van der Waals surface area contributed by atoms with E-state index < -0.39 is 10.0 Å². The molecule has 0 radical (unpaired) electrons. The molecule has 1 aromatic heterocycles. The maximum Gasteiger partial charge on any atom is 0.229 e. The molecule has 31 heavy (non-hydrogen) atoms. The first-order valence-electron chi connectivity index (χ1n) is 9.58. The van der Waals surface area contributed by atoms with Gasteiger partial charge in [0.15, 0.2) is 5.82 Å². The Labute approximate surface area is 187 Å². The van der Waals surface area contributed by atoms with Crippen LogP contribution in [0.3, 0.4) is 0 Å². The minimum absolute atomic E-state index is 0.0742. The van der Waals surface area contributed by atoms with Gasteiger partial charge < -0.3 is 15.4 Å². The van der Waals surface area contributed by atoms with Crippen LogP contribution in [0.2, 0.25) is 5.02 Å². The Balaban J connectivity index is 1.83. The van der Waals surface area contributed by atoms with Crippen molar-refractivity contribution in [3.05, 3.63) is 29.4 Å². The summed E-state index contributed by atoms with van der Waals surface area (Å²) < 4.78 is 31.2. The zero-order valence-corrected chi connectivity index (χ0v) is 19.5. The highest BCUT2D eigenvalue weighted by Gasteiger charge is 2.26. The van der Waals surface area contributed by atoms with Crippen molar-refractivity contribution in [2.24, 2.45) is 11.0 Å². The number of halogens is 1. The number of methoxy groups -OCH3 is 1. The Morgan fingerprint density at radius 2 is 2.03 bits per heavy atom. The van der Waals surface area contributed by atoms with Gasteiger partial charge in [-0.15, -0.1) is 0 Å². The van der Waals surface area contributed by atoms with E-state index in [1.54, 1.807) is 18.2 Å². The molecular formula is C19H26ClN7O3S. The quantitative estimate of drug-likeness (QED) is 0.540. The van der Waals surface area contributed by atoms with Crippen LogP contribution in [0.1, 0.15) is 20.3 Å². The van der Waals surface area contributed by atoms with Gasteiger partial charge in [-0.2, -0.15) is 10.1 Å². The Morgan fingerprint density at radius 1 is 1.29 bits per heavy atom. The highest BCUT2D eigenvalue weighted by atomic mass is 35.5. The van der Waals surface area contributed by atoms with Crippen molar-refractivity contribution in [1.29, 1.82) is 0 Å². The second kappa shape index (κ2) is 9.15. The molecule has 0 aliphatic carbocycles. The summed E-state index contributed by atoms with van der Waals surface area (Å²) >= 11 is 6.29. The van der Waals surface area contributed by atoms with Crippen LogP contribution < -0.4 is 20.1 Å². The van der Waals surface area contributed by atoms with Crippen LogP contribution in [0.5, 0.6) is 5.75 Å². The fourth-order valence-corrected chi connectivity index (χ4v) is 3.69. The van der Waals surface area contributed by atoms with Crippen molar-refractivity contribution in [1.82, 2.24) is 15.0 Å². The van der Waals surface area contributed by atoms with Gasteiger partial charge >= 0.3 is 0 Å². The largest absolute Gasteiger partial charge is 0.497 e. The number of rotatable bonds is 8. The average Bonchev–Trinajstić information content (AvgIpc) is 3.05. The molecule has 10 nitrogen and oxygen atoms in total. The maximum absolute atomic E-state index is 11.8. The van der Waals surface area contributed by atoms with E-state index in [4.69, 9.17) is 16.3 Å². The van der Waals surface area contributed by atoms with E-state index >= 15 is 0 Å². The first kappa shape index (κ1) is 22.9. The van der Waals surface area contributed by atoms with Gasteiger partial charge in [-0.05, 0) is 18.1 Å². The molecule has 0 spiro atoms. The first-order valence-corrected chi connectivity index (χ1v) is 11.8. The summed E-state index contributed by atoms with van der Waals surface area (Å²) in [5.41, 5.74) is 1.86. The maximum atomic E-state index is 11.8. The normalized spacial score (nSPS) is 16.3. The lowest BCUT2D eigenvalue weighted by Gasteiger charge is -2.20. The molecule has 3 N–H and O–H groups in total. The fraction of sp³-hybridized carbons (Fsp3) is 0.421. The predicted octanol–water partition coefficient (Wildman–Crippen LogP) is 3.34. The second-order valence-electron chi connectivity index (χ2n) is 7.48. The van der Waals surface area contributed by atoms with Crippen LogP contribution in [-0.4, -0.2) is 55.7 Å². The summed E-state index contributed by atoms with van der Waals surface area (Å²) in [5.74, 6) is 1.55. The van der Waals surface area contributed by atoms with Crippen molar-refractivity contribution >= 4 is 50.5 Å². The van der Waals surface area contributed by atoms with E-state index in [9.17, 15) is 8.42 Å². The highest BCUT2D eigenvalue weighted by Crippen LogP contribution is 2.32. The third-order valence-corrected chi connectivity index (χ3v) is 5.49. The van der Waals surface area contributed by atoms with Crippen molar-refractivity contribution < 1.29 is 13.2 Å². The zero-order chi connectivity index (χ0) is 22.8. The lowest BCUT2D eigenvalue weighted by molar-refractivity contribution is 0.310. The van der Waals surface area contributed by atoms with Crippen molar-refractivity contribution in [2.75, 3.05) is 35.8 Å². The van der Waals surface area contributed by atoms with Gasteiger partial charge in [-0.3, -0.25) is 9.73 Å². The van der Waals surface area contributed by atoms with Gasteiger partial charge in [0.2, 0.25) is 16.0 Å². The van der Waals surface area contributed by atoms with Crippen LogP contribution in [0, 0.1) is 5.92 Å². The number of aromatic nitrogens is 2. The monoisotopic (exact) mass is 467 g/mol. The van der Waals surface area contributed by atoms with Crippen molar-refractivity contribution in [2.45, 2.75) is 26.4 Å². The minimum Gasteiger partial charge on any atom is -0.497 e. The second-order valence-corrected chi connectivity index (χ2v) is 9.64. The van der Waals surface area contributed by atoms with E-state index in [2.05, 4.69) is 44.3 Å². The van der Waals surface area contributed by atoms with E-state index in [-0.39, 0.29) is 11.2 Å². The summed E-state index contributed by atoms with van der Waals surface area (Å²) in [7, 11) is -0.120. The molecule has 0 fully saturated rings. The third kappa shape index (κ3) is 5.88. The van der Waals surface area contributed by atoms with Gasteiger partial charge in [0.25, 0.3) is 0 Å². The molecule has 0 saturated carbocycles. The lowest BCUT2D eigenvalue weighted by Crippen LogP contribution is -2.32. The molecule has 0 saturated heterocycles. The number of nitrogens with one attached hydrogen (secondary N) is 3. The van der Waals surface area contributed by atoms with Crippen molar-refractivity contribution in [3.8, 4) is 5.75 Å². The van der Waals surface area contributed by atoms with Gasteiger partial charge in [0, 0.05) is 25.2 Å². The minimum atomic E-state index is -3.51. The van der Waals surface area contributed by atoms with Gasteiger partial charge in [0.05, 0.1) is 30.9 Å². The molecule has 12 heteroatoms. The molecule has 0 bridgehead atoms. The highest BCUT2D eigenvalue weighted by molar-refractivity contribution is 7.92. The summed E-state index contributed by atoms with van der Waals surface area (Å²) in [6, 6.07) is 4.93. The molecule has 1 unspecified atom stereocenters. The molecule has 1 aromatic carbocycles. The third-order valence-electron chi connectivity index (χ3n) is 4.62. The fourth-order valence-electron chi connectivity index (χ4n) is 2.98. The molecule has 168 valence electrons. The number of hydrogen-bond donors (Lipinski definition) is 3. The summed E-state index contributed by atoms with van der Waals surface area (Å²) in [6.07, 6.45) is 3.23. The Hall–Kier alpha value is -2.79. The Bertz CT molecular complexity index is 1090. The number of ether oxygens (including phenoxy) is 1. The number of nitrogens with zero attached hydrogens (tertiary/aromatic N) is 4. The van der Waals surface area contributed by atoms with E-state index in [0.717, 1.165) is 18.4 Å². The van der Waals surface area contributed by atoms with Gasteiger partial charge in [0.1, 0.15) is 16.9 Å². The van der Waals surface area contributed by atoms with Crippen LogP contribution >= 0.6 is 11.6 Å². The molecular weight excluding hydrogens is 442 g/mol. The standard InChI is InChI=1S/C19H26ClN7O3S/c1-11(2)15-9-17(27(3)25-15)23-19-21-10-13(20)18(24-19)22-14-7-6-12(30-4)8-16(14)26-31(5,28)29/h6-8,10-11,17,26H,9H2,1-5H3,(H2,21,22,23,24). The molecule has 0 amide bonds. The summed E-state index contributed by atoms with van der Waals surface area (Å²) in [6.45, 7) is 4.21. The number of hydrogen-bond acceptors (Lipinski definition) is 9. The molecule has 3 rings (SSSR count). The molecule has 1 aliphatic rings. The first-order chi connectivity index (χ1) is 14.6. The number of sulfonamides is 1. The topological polar surface area (TPSA) is 121 Å². The van der Waals surface area contributed by atoms with E-state index in [1.165, 1.54) is 13.3 Å². The molecule has 1 aliphatic heterocycles. The van der Waals surface area contributed by atoms with Crippen LogP contribution in [0.15, 0.2) is 29.5 Å². The number of benzene rings is 1. The molecule has 2 aromatic rings. The van der Waals surface area contributed by atoms with Crippen molar-refractivity contribution in [3.63, 3.8) is 0 Å². The smallest absolute Gasteiger partial charge is 0.229 e. The van der Waals surface area contributed by atoms with E-state index in [1.807, 2.05) is 12.1 Å². The summed E-state index contributed by atoms with van der Waals surface area (Å²) in [5, 5.41) is 13.0. The Morgan fingerprint density at radius 3 is 2.65 bits per heavy atom.